The third-order valence-corrected chi connectivity index (χ3v) is 4.72. The summed E-state index contributed by atoms with van der Waals surface area (Å²) in [5.74, 6) is -0.336. The van der Waals surface area contributed by atoms with E-state index in [1.807, 2.05) is 13.0 Å². The molecule has 0 heterocycles. The second-order valence-electron chi connectivity index (χ2n) is 5.83. The van der Waals surface area contributed by atoms with E-state index < -0.39 is 22.5 Å². The van der Waals surface area contributed by atoms with Crippen LogP contribution in [0.4, 0.5) is 5.69 Å². The van der Waals surface area contributed by atoms with E-state index in [-0.39, 0.29) is 11.5 Å². The molecule has 0 radical (unpaired) electrons. The molecule has 1 amide bonds. The molecule has 0 atom stereocenters. The van der Waals surface area contributed by atoms with E-state index in [0.29, 0.717) is 11.3 Å². The average molecular weight is 391 g/mol. The summed E-state index contributed by atoms with van der Waals surface area (Å²) in [5.41, 5.74) is 4.16. The highest BCUT2D eigenvalue weighted by Gasteiger charge is 2.20. The van der Waals surface area contributed by atoms with Crippen molar-refractivity contribution in [3.8, 4) is 11.5 Å². The summed E-state index contributed by atoms with van der Waals surface area (Å²) in [4.78, 5) is 12.1. The van der Waals surface area contributed by atoms with Gasteiger partial charge >= 0.3 is 0 Å². The molecule has 9 heteroatoms. The number of carbonyl (C=O) groups excluding carboxylic acids is 1. The minimum Gasteiger partial charge on any atom is -0.504 e. The summed E-state index contributed by atoms with van der Waals surface area (Å²) in [7, 11) is -2.22. The zero-order valence-electron chi connectivity index (χ0n) is 15.2. The van der Waals surface area contributed by atoms with Crippen LogP contribution in [0.1, 0.15) is 11.1 Å². The number of benzene rings is 2. The summed E-state index contributed by atoms with van der Waals surface area (Å²) in [6.07, 6.45) is 2.39. The van der Waals surface area contributed by atoms with Crippen LogP contribution >= 0.6 is 0 Å². The van der Waals surface area contributed by atoms with Crippen LogP contribution in [0.3, 0.4) is 0 Å². The molecular weight excluding hydrogens is 370 g/mol. The molecule has 2 rings (SSSR count). The number of sulfonamides is 1. The number of hydrogen-bond donors (Lipinski definition) is 2. The van der Waals surface area contributed by atoms with Gasteiger partial charge in [-0.2, -0.15) is 5.10 Å². The van der Waals surface area contributed by atoms with Crippen LogP contribution < -0.4 is 14.5 Å². The summed E-state index contributed by atoms with van der Waals surface area (Å²) in [6, 6.07) is 11.4. The molecule has 0 aromatic heterocycles. The maximum atomic E-state index is 12.1. The predicted octanol–water partition coefficient (Wildman–Crippen LogP) is 1.63. The van der Waals surface area contributed by atoms with Crippen LogP contribution in [0.2, 0.25) is 0 Å². The molecule has 0 fully saturated rings. The lowest BCUT2D eigenvalue weighted by atomic mass is 10.2. The molecule has 0 spiro atoms. The number of anilines is 1. The summed E-state index contributed by atoms with van der Waals surface area (Å²) in [6.45, 7) is 1.43. The molecule has 2 N–H and O–H groups in total. The zero-order valence-corrected chi connectivity index (χ0v) is 16.0. The number of methoxy groups -OCH3 is 1. The first-order valence-electron chi connectivity index (χ1n) is 7.94. The van der Waals surface area contributed by atoms with Gasteiger partial charge in [0.1, 0.15) is 6.54 Å². The Morgan fingerprint density at radius 3 is 2.67 bits per heavy atom. The lowest BCUT2D eigenvalue weighted by Crippen LogP contribution is -2.39. The van der Waals surface area contributed by atoms with Crippen LogP contribution in [0.15, 0.2) is 47.6 Å². The molecule has 0 saturated carbocycles. The smallest absolute Gasteiger partial charge is 0.260 e. The minimum absolute atomic E-state index is 0.0133. The second kappa shape index (κ2) is 8.54. The zero-order chi connectivity index (χ0) is 20.0. The number of rotatable bonds is 7. The highest BCUT2D eigenvalue weighted by atomic mass is 32.2. The average Bonchev–Trinajstić information content (AvgIpc) is 2.60. The Hall–Kier alpha value is -3.07. The van der Waals surface area contributed by atoms with Crippen molar-refractivity contribution in [2.24, 2.45) is 5.10 Å². The fourth-order valence-corrected chi connectivity index (χ4v) is 3.15. The molecule has 0 bridgehead atoms. The Labute approximate surface area is 158 Å². The Bertz CT molecular complexity index is 957. The van der Waals surface area contributed by atoms with E-state index in [0.717, 1.165) is 16.1 Å². The fraction of sp³-hybridized carbons (Fsp3) is 0.222. The van der Waals surface area contributed by atoms with Crippen molar-refractivity contribution < 1.29 is 23.1 Å². The van der Waals surface area contributed by atoms with E-state index in [4.69, 9.17) is 4.74 Å². The predicted molar refractivity (Wildman–Crippen MR) is 104 cm³/mol. The monoisotopic (exact) mass is 391 g/mol. The second-order valence-corrected chi connectivity index (χ2v) is 7.74. The number of phenols is 1. The topological polar surface area (TPSA) is 108 Å². The maximum Gasteiger partial charge on any atom is 0.260 e. The van der Waals surface area contributed by atoms with Crippen LogP contribution in [0, 0.1) is 6.92 Å². The van der Waals surface area contributed by atoms with Crippen LogP contribution in [0.5, 0.6) is 11.5 Å². The summed E-state index contributed by atoms with van der Waals surface area (Å²) >= 11 is 0. The molecule has 0 saturated heterocycles. The normalized spacial score (nSPS) is 11.4. The first kappa shape index (κ1) is 20.2. The van der Waals surface area contributed by atoms with Gasteiger partial charge < -0.3 is 9.84 Å². The molecule has 0 aliphatic carbocycles. The largest absolute Gasteiger partial charge is 0.504 e. The lowest BCUT2D eigenvalue weighted by molar-refractivity contribution is -0.119. The molecule has 0 aliphatic rings. The van der Waals surface area contributed by atoms with Crippen molar-refractivity contribution in [2.45, 2.75) is 6.92 Å². The van der Waals surface area contributed by atoms with E-state index in [1.54, 1.807) is 30.3 Å². The van der Waals surface area contributed by atoms with Gasteiger partial charge in [-0.05, 0) is 48.4 Å². The molecule has 2 aromatic carbocycles. The number of nitrogens with one attached hydrogen (secondary N) is 1. The van der Waals surface area contributed by atoms with Gasteiger partial charge in [0, 0.05) is 0 Å². The Kier molecular flexibility index (Phi) is 6.40. The van der Waals surface area contributed by atoms with E-state index >= 15 is 0 Å². The molecule has 27 heavy (non-hydrogen) atoms. The number of hydrogen-bond acceptors (Lipinski definition) is 6. The number of ether oxygens (including phenoxy) is 1. The van der Waals surface area contributed by atoms with Crippen LogP contribution in [-0.2, 0) is 14.8 Å². The number of phenolic OH excluding ortho intramolecular Hbond substituents is 1. The molecule has 0 unspecified atom stereocenters. The van der Waals surface area contributed by atoms with Gasteiger partial charge in [0.05, 0.1) is 25.3 Å². The van der Waals surface area contributed by atoms with Gasteiger partial charge in [-0.25, -0.2) is 13.8 Å². The van der Waals surface area contributed by atoms with Crippen molar-refractivity contribution >= 4 is 27.8 Å². The van der Waals surface area contributed by atoms with E-state index in [1.165, 1.54) is 19.4 Å². The molecule has 144 valence electrons. The van der Waals surface area contributed by atoms with E-state index in [9.17, 15) is 18.3 Å². The van der Waals surface area contributed by atoms with E-state index in [2.05, 4.69) is 10.5 Å². The first-order valence-corrected chi connectivity index (χ1v) is 9.79. The quantitative estimate of drug-likeness (QED) is 0.551. The van der Waals surface area contributed by atoms with Gasteiger partial charge in [-0.1, -0.05) is 12.1 Å². The minimum atomic E-state index is -3.64. The number of aryl methyl sites for hydroxylation is 1. The van der Waals surface area contributed by atoms with Gasteiger partial charge in [-0.3, -0.25) is 9.10 Å². The van der Waals surface area contributed by atoms with Crippen LogP contribution in [-0.4, -0.2) is 45.6 Å². The Balaban J connectivity index is 2.08. The van der Waals surface area contributed by atoms with Gasteiger partial charge in [-0.15, -0.1) is 0 Å². The van der Waals surface area contributed by atoms with Crippen molar-refractivity contribution in [3.05, 3.63) is 53.6 Å². The number of aromatic hydroxyl groups is 1. The Morgan fingerprint density at radius 1 is 1.30 bits per heavy atom. The summed E-state index contributed by atoms with van der Waals surface area (Å²) in [5, 5.41) is 13.4. The maximum absolute atomic E-state index is 12.1. The highest BCUT2D eigenvalue weighted by Crippen LogP contribution is 2.25. The number of nitrogens with zero attached hydrogens (tertiary/aromatic N) is 2. The van der Waals surface area contributed by atoms with Gasteiger partial charge in [0.2, 0.25) is 10.0 Å². The molecule has 8 nitrogen and oxygen atoms in total. The van der Waals surface area contributed by atoms with Crippen molar-refractivity contribution in [1.29, 1.82) is 0 Å². The highest BCUT2D eigenvalue weighted by molar-refractivity contribution is 7.92. The molecule has 2 aromatic rings. The van der Waals surface area contributed by atoms with Crippen molar-refractivity contribution in [2.75, 3.05) is 24.2 Å². The Morgan fingerprint density at radius 2 is 2.04 bits per heavy atom. The number of amides is 1. The molecular formula is C18H21N3O5S. The summed E-state index contributed by atoms with van der Waals surface area (Å²) < 4.78 is 30.1. The lowest BCUT2D eigenvalue weighted by Gasteiger charge is -2.21. The standard InChI is InChI=1S/C18H21N3O5S/c1-13-5-4-6-15(9-13)21(27(3,24)25)12-18(23)20-19-11-14-7-8-16(22)17(10-14)26-2/h4-11,22H,12H2,1-3H3,(H,20,23)/b19-11-. The van der Waals surface area contributed by atoms with Gasteiger partial charge in [0.25, 0.3) is 5.91 Å². The van der Waals surface area contributed by atoms with Gasteiger partial charge in [0.15, 0.2) is 11.5 Å². The fourth-order valence-electron chi connectivity index (χ4n) is 2.30. The van der Waals surface area contributed by atoms with Crippen LogP contribution in [0.25, 0.3) is 0 Å². The third-order valence-electron chi connectivity index (χ3n) is 3.58. The number of hydrazone groups is 1. The first-order chi connectivity index (χ1) is 12.7. The van der Waals surface area contributed by atoms with Crippen molar-refractivity contribution in [1.82, 2.24) is 5.43 Å². The SMILES string of the molecule is COc1cc(/C=N\NC(=O)CN(c2cccc(C)c2)S(C)(=O)=O)ccc1O. The number of carbonyl (C=O) groups is 1. The third kappa shape index (κ3) is 5.71. The van der Waals surface area contributed by atoms with Crippen molar-refractivity contribution in [3.63, 3.8) is 0 Å². The molecule has 0 aliphatic heterocycles.